The number of halogens is 1. The molecular weight excluding hydrogens is 355 g/mol. The SMILES string of the molecule is CCC1CCC(c2nc(COC)c(I)c(=O)[nH]2)CC1. The molecule has 0 bridgehead atoms. The van der Waals surface area contributed by atoms with Crippen LogP contribution < -0.4 is 5.56 Å². The third kappa shape index (κ3) is 3.56. The number of aromatic amines is 1. The van der Waals surface area contributed by atoms with Gasteiger partial charge in [0.05, 0.1) is 12.3 Å². The summed E-state index contributed by atoms with van der Waals surface area (Å²) in [5.41, 5.74) is 0.731. The lowest BCUT2D eigenvalue weighted by Crippen LogP contribution is -2.22. The van der Waals surface area contributed by atoms with E-state index < -0.39 is 0 Å². The summed E-state index contributed by atoms with van der Waals surface area (Å²) in [4.78, 5) is 19.5. The van der Waals surface area contributed by atoms with Gasteiger partial charge in [-0.1, -0.05) is 13.3 Å². The quantitative estimate of drug-likeness (QED) is 0.822. The van der Waals surface area contributed by atoms with Crippen molar-refractivity contribution in [3.63, 3.8) is 0 Å². The van der Waals surface area contributed by atoms with Crippen molar-refractivity contribution < 1.29 is 4.74 Å². The summed E-state index contributed by atoms with van der Waals surface area (Å²) in [6.07, 6.45) is 6.02. The number of hydrogen-bond donors (Lipinski definition) is 1. The lowest BCUT2D eigenvalue weighted by molar-refractivity contribution is 0.180. The van der Waals surface area contributed by atoms with Gasteiger partial charge in [0.15, 0.2) is 0 Å². The Morgan fingerprint density at radius 1 is 1.37 bits per heavy atom. The van der Waals surface area contributed by atoms with Gasteiger partial charge in [0.1, 0.15) is 9.39 Å². The van der Waals surface area contributed by atoms with Crippen molar-refractivity contribution in [2.45, 2.75) is 51.6 Å². The second kappa shape index (κ2) is 6.83. The summed E-state index contributed by atoms with van der Waals surface area (Å²) in [7, 11) is 1.63. The molecule has 19 heavy (non-hydrogen) atoms. The van der Waals surface area contributed by atoms with Gasteiger partial charge in [-0.2, -0.15) is 0 Å². The zero-order valence-corrected chi connectivity index (χ0v) is 13.7. The molecule has 106 valence electrons. The van der Waals surface area contributed by atoms with E-state index in [1.54, 1.807) is 7.11 Å². The molecule has 1 fully saturated rings. The van der Waals surface area contributed by atoms with E-state index in [1.165, 1.54) is 19.3 Å². The molecule has 1 aliphatic rings. The number of hydrogen-bond acceptors (Lipinski definition) is 3. The minimum Gasteiger partial charge on any atom is -0.378 e. The first-order valence-electron chi connectivity index (χ1n) is 6.93. The van der Waals surface area contributed by atoms with Gasteiger partial charge in [-0.25, -0.2) is 4.98 Å². The zero-order valence-electron chi connectivity index (χ0n) is 11.5. The number of H-pyrrole nitrogens is 1. The van der Waals surface area contributed by atoms with Crippen LogP contribution in [0.3, 0.4) is 0 Å². The highest BCUT2D eigenvalue weighted by atomic mass is 127. The molecule has 0 aromatic carbocycles. The predicted molar refractivity (Wildman–Crippen MR) is 83.3 cm³/mol. The van der Waals surface area contributed by atoms with E-state index in [0.29, 0.717) is 16.1 Å². The molecule has 5 heteroatoms. The summed E-state index contributed by atoms with van der Waals surface area (Å²) in [6.45, 7) is 2.66. The monoisotopic (exact) mass is 376 g/mol. The molecule has 1 heterocycles. The molecule has 1 saturated carbocycles. The maximum absolute atomic E-state index is 11.9. The molecule has 4 nitrogen and oxygen atoms in total. The Balaban J connectivity index is 2.19. The maximum Gasteiger partial charge on any atom is 0.264 e. The highest BCUT2D eigenvalue weighted by Crippen LogP contribution is 2.35. The van der Waals surface area contributed by atoms with Crippen molar-refractivity contribution in [3.05, 3.63) is 25.4 Å². The van der Waals surface area contributed by atoms with Gasteiger partial charge < -0.3 is 9.72 Å². The van der Waals surface area contributed by atoms with Gasteiger partial charge in [-0.3, -0.25) is 4.79 Å². The predicted octanol–water partition coefficient (Wildman–Crippen LogP) is 3.20. The van der Waals surface area contributed by atoms with Crippen LogP contribution in [0.5, 0.6) is 0 Å². The summed E-state index contributed by atoms with van der Waals surface area (Å²) >= 11 is 2.04. The second-order valence-electron chi connectivity index (χ2n) is 5.27. The van der Waals surface area contributed by atoms with Crippen LogP contribution >= 0.6 is 22.6 Å². The minimum absolute atomic E-state index is 0.0322. The molecule has 0 atom stereocenters. The number of rotatable bonds is 4. The number of aromatic nitrogens is 2. The molecule has 1 aromatic heterocycles. The standard InChI is InChI=1S/C14H21IN2O2/c1-3-9-4-6-10(7-5-9)13-16-11(8-19-2)12(15)14(18)17-13/h9-10H,3-8H2,1-2H3,(H,16,17,18). The van der Waals surface area contributed by atoms with E-state index in [9.17, 15) is 4.79 Å². The third-order valence-corrected chi connectivity index (χ3v) is 5.15. The average Bonchev–Trinajstić information content (AvgIpc) is 2.44. The molecule has 0 aliphatic heterocycles. The van der Waals surface area contributed by atoms with Gasteiger partial charge in [-0.05, 0) is 54.2 Å². The Kier molecular flexibility index (Phi) is 5.38. The first-order chi connectivity index (χ1) is 9.15. The molecule has 0 saturated heterocycles. The lowest BCUT2D eigenvalue weighted by atomic mass is 9.80. The van der Waals surface area contributed by atoms with E-state index >= 15 is 0 Å². The molecule has 0 spiro atoms. The summed E-state index contributed by atoms with van der Waals surface area (Å²) in [5, 5.41) is 0. The molecular formula is C14H21IN2O2. The second-order valence-corrected chi connectivity index (χ2v) is 6.35. The van der Waals surface area contributed by atoms with Crippen LogP contribution in [0.1, 0.15) is 56.5 Å². The lowest BCUT2D eigenvalue weighted by Gasteiger charge is -2.27. The number of nitrogens with zero attached hydrogens (tertiary/aromatic N) is 1. The molecule has 0 unspecified atom stereocenters. The fourth-order valence-electron chi connectivity index (χ4n) is 2.79. The van der Waals surface area contributed by atoms with Crippen molar-refractivity contribution in [1.82, 2.24) is 9.97 Å². The average molecular weight is 376 g/mol. The van der Waals surface area contributed by atoms with Crippen molar-refractivity contribution >= 4 is 22.6 Å². The highest BCUT2D eigenvalue weighted by Gasteiger charge is 2.24. The van der Waals surface area contributed by atoms with Crippen molar-refractivity contribution in [3.8, 4) is 0 Å². The largest absolute Gasteiger partial charge is 0.378 e. The fourth-order valence-corrected chi connectivity index (χ4v) is 3.21. The van der Waals surface area contributed by atoms with Gasteiger partial charge in [0.25, 0.3) is 5.56 Å². The number of nitrogens with one attached hydrogen (secondary N) is 1. The molecule has 1 aliphatic carbocycles. The van der Waals surface area contributed by atoms with E-state index in [0.717, 1.165) is 30.3 Å². The van der Waals surface area contributed by atoms with E-state index in [4.69, 9.17) is 4.74 Å². The molecule has 0 amide bonds. The summed E-state index contributed by atoms with van der Waals surface area (Å²) < 4.78 is 5.76. The zero-order chi connectivity index (χ0) is 13.8. The Bertz CT molecular complexity index is 479. The molecule has 1 N–H and O–H groups in total. The summed E-state index contributed by atoms with van der Waals surface area (Å²) in [5.74, 6) is 2.11. The Morgan fingerprint density at radius 3 is 2.63 bits per heavy atom. The Labute approximate surface area is 127 Å². The molecule has 1 aromatic rings. The number of methoxy groups -OCH3 is 1. The van der Waals surface area contributed by atoms with Crippen molar-refractivity contribution in [1.29, 1.82) is 0 Å². The Morgan fingerprint density at radius 2 is 2.05 bits per heavy atom. The van der Waals surface area contributed by atoms with Crippen LogP contribution in [0, 0.1) is 9.49 Å². The maximum atomic E-state index is 11.9. The number of ether oxygens (including phenoxy) is 1. The van der Waals surface area contributed by atoms with Crippen LogP contribution in [0.4, 0.5) is 0 Å². The fraction of sp³-hybridized carbons (Fsp3) is 0.714. The molecule has 0 radical (unpaired) electrons. The van der Waals surface area contributed by atoms with E-state index in [2.05, 4.69) is 16.9 Å². The van der Waals surface area contributed by atoms with Crippen molar-refractivity contribution in [2.24, 2.45) is 5.92 Å². The van der Waals surface area contributed by atoms with Crippen LogP contribution in [0.15, 0.2) is 4.79 Å². The normalized spacial score (nSPS) is 23.5. The minimum atomic E-state index is -0.0322. The van der Waals surface area contributed by atoms with E-state index in [-0.39, 0.29) is 5.56 Å². The smallest absolute Gasteiger partial charge is 0.264 e. The Hall–Kier alpha value is -0.430. The van der Waals surface area contributed by atoms with Crippen LogP contribution in [-0.4, -0.2) is 17.1 Å². The van der Waals surface area contributed by atoms with Crippen molar-refractivity contribution in [2.75, 3.05) is 7.11 Å². The van der Waals surface area contributed by atoms with E-state index in [1.807, 2.05) is 22.6 Å². The third-order valence-electron chi connectivity index (χ3n) is 4.04. The first kappa shape index (κ1) is 15.0. The van der Waals surface area contributed by atoms with Gasteiger partial charge in [0.2, 0.25) is 0 Å². The van der Waals surface area contributed by atoms with Crippen LogP contribution in [0.2, 0.25) is 0 Å². The summed E-state index contributed by atoms with van der Waals surface area (Å²) in [6, 6.07) is 0. The van der Waals surface area contributed by atoms with Crippen LogP contribution in [-0.2, 0) is 11.3 Å². The topological polar surface area (TPSA) is 55.0 Å². The molecule has 2 rings (SSSR count). The highest BCUT2D eigenvalue weighted by molar-refractivity contribution is 14.1. The van der Waals surface area contributed by atoms with Gasteiger partial charge >= 0.3 is 0 Å². The first-order valence-corrected chi connectivity index (χ1v) is 8.01. The van der Waals surface area contributed by atoms with Gasteiger partial charge in [-0.15, -0.1) is 0 Å². The van der Waals surface area contributed by atoms with Gasteiger partial charge in [0, 0.05) is 13.0 Å². The van der Waals surface area contributed by atoms with Crippen LogP contribution in [0.25, 0.3) is 0 Å².